The van der Waals surface area contributed by atoms with Gasteiger partial charge in [0.15, 0.2) is 0 Å². The zero-order chi connectivity index (χ0) is 16.5. The first kappa shape index (κ1) is 22.5. The van der Waals surface area contributed by atoms with Gasteiger partial charge in [0, 0.05) is 6.61 Å². The van der Waals surface area contributed by atoms with E-state index in [0.29, 0.717) is 0 Å². The summed E-state index contributed by atoms with van der Waals surface area (Å²) in [5.74, 6) is 0. The van der Waals surface area contributed by atoms with Gasteiger partial charge in [-0.05, 0) is 18.5 Å². The smallest absolute Gasteiger partial charge is 0.289 e. The predicted octanol–water partition coefficient (Wildman–Crippen LogP) is 7.82. The molecule has 0 amide bonds. The molecule has 0 N–H and O–H groups in total. The normalized spacial score (nSPS) is 12.0. The van der Waals surface area contributed by atoms with E-state index in [4.69, 9.17) is 15.5 Å². The molecule has 0 fully saturated rings. The lowest BCUT2D eigenvalue weighted by Gasteiger charge is -2.21. The Balaban J connectivity index is 3.14. The molecule has 0 unspecified atom stereocenters. The van der Waals surface area contributed by atoms with Crippen molar-refractivity contribution in [3.8, 4) is 0 Å². The van der Waals surface area contributed by atoms with Crippen molar-refractivity contribution in [2.75, 3.05) is 6.61 Å². The first-order valence-electron chi connectivity index (χ1n) is 10.0. The minimum absolute atomic E-state index is 0.884. The number of rotatable bonds is 17. The molecule has 0 heterocycles. The van der Waals surface area contributed by atoms with E-state index in [1.807, 2.05) is 0 Å². The summed E-state index contributed by atoms with van der Waals surface area (Å²) in [6.07, 6.45) is 18.2. The summed E-state index contributed by atoms with van der Waals surface area (Å²) in [6, 6.07) is 2.06. The minimum Gasteiger partial charge on any atom is -0.403 e. The van der Waals surface area contributed by atoms with Crippen molar-refractivity contribution in [2.24, 2.45) is 0 Å². The van der Waals surface area contributed by atoms with Crippen LogP contribution < -0.4 is 0 Å². The molecule has 3 heteroatoms. The molecule has 0 atom stereocenters. The zero-order valence-corrected chi connectivity index (χ0v) is 17.4. The van der Waals surface area contributed by atoms with Crippen LogP contribution in [0.1, 0.15) is 104 Å². The fraction of sp³-hybridized carbons (Fsp3) is 1.00. The average Bonchev–Trinajstić information content (AvgIpc) is 2.55. The summed E-state index contributed by atoms with van der Waals surface area (Å²) in [6.45, 7) is 7.49. The molecule has 0 rings (SSSR count). The van der Waals surface area contributed by atoms with E-state index in [1.54, 1.807) is 0 Å². The highest BCUT2D eigenvalue weighted by Gasteiger charge is 2.27. The largest absolute Gasteiger partial charge is 0.403 e. The van der Waals surface area contributed by atoms with Crippen LogP contribution in [0.5, 0.6) is 0 Å². The summed E-state index contributed by atoms with van der Waals surface area (Å²) in [5, 5.41) is 0. The predicted molar refractivity (Wildman–Crippen MR) is 104 cm³/mol. The second kappa shape index (κ2) is 16.3. The second-order valence-corrected chi connectivity index (χ2v) is 12.2. The molecule has 0 aliphatic heterocycles. The molecule has 0 saturated carbocycles. The summed E-state index contributed by atoms with van der Waals surface area (Å²) < 4.78 is 5.93. The van der Waals surface area contributed by atoms with Gasteiger partial charge in [-0.3, -0.25) is 0 Å². The molecule has 0 bridgehead atoms. The highest BCUT2D eigenvalue weighted by Crippen LogP contribution is 2.22. The van der Waals surface area contributed by atoms with Gasteiger partial charge in [-0.1, -0.05) is 97.8 Å². The van der Waals surface area contributed by atoms with Crippen molar-refractivity contribution in [1.29, 1.82) is 0 Å². The van der Waals surface area contributed by atoms with Gasteiger partial charge in [0.25, 0.3) is 7.63 Å². The SMILES string of the molecule is CCCCCCCCCCCCCCCO[Si](Cl)(CC)CC. The third-order valence-corrected chi connectivity index (χ3v) is 9.43. The number of hydrogen-bond acceptors (Lipinski definition) is 1. The van der Waals surface area contributed by atoms with Crippen LogP contribution in [0.3, 0.4) is 0 Å². The molecular formula is C19H41ClOSi. The van der Waals surface area contributed by atoms with Gasteiger partial charge in [0.05, 0.1) is 0 Å². The molecular weight excluding hydrogens is 308 g/mol. The highest BCUT2D eigenvalue weighted by atomic mass is 35.6. The van der Waals surface area contributed by atoms with E-state index in [-0.39, 0.29) is 0 Å². The molecule has 0 aromatic rings. The van der Waals surface area contributed by atoms with Crippen LogP contribution >= 0.6 is 11.1 Å². The van der Waals surface area contributed by atoms with Crippen LogP contribution in [0.2, 0.25) is 12.1 Å². The van der Waals surface area contributed by atoms with Crippen molar-refractivity contribution in [3.63, 3.8) is 0 Å². The lowest BCUT2D eigenvalue weighted by Crippen LogP contribution is -2.29. The van der Waals surface area contributed by atoms with Gasteiger partial charge in [-0.25, -0.2) is 0 Å². The number of hydrogen-bond donors (Lipinski definition) is 0. The third kappa shape index (κ3) is 14.1. The van der Waals surface area contributed by atoms with E-state index < -0.39 is 7.63 Å². The first-order chi connectivity index (χ1) is 10.7. The van der Waals surface area contributed by atoms with E-state index in [9.17, 15) is 0 Å². The van der Waals surface area contributed by atoms with Crippen molar-refractivity contribution < 1.29 is 4.43 Å². The second-order valence-electron chi connectivity index (χ2n) is 6.68. The Labute approximate surface area is 146 Å². The van der Waals surface area contributed by atoms with Crippen LogP contribution in [-0.2, 0) is 4.43 Å². The maximum absolute atomic E-state index is 6.48. The van der Waals surface area contributed by atoms with Crippen LogP contribution in [-0.4, -0.2) is 14.2 Å². The number of halogens is 1. The summed E-state index contributed by atoms with van der Waals surface area (Å²) in [4.78, 5) is 0. The molecule has 0 aromatic carbocycles. The van der Waals surface area contributed by atoms with Crippen molar-refractivity contribution in [2.45, 2.75) is 116 Å². The number of unbranched alkanes of at least 4 members (excludes halogenated alkanes) is 12. The third-order valence-electron chi connectivity index (χ3n) is 4.66. The Morgan fingerprint density at radius 2 is 0.955 bits per heavy atom. The molecule has 0 radical (unpaired) electrons. The Hall–Kier alpha value is 0.467. The van der Waals surface area contributed by atoms with Gasteiger partial charge in [-0.2, -0.15) is 0 Å². The summed E-state index contributed by atoms with van der Waals surface area (Å²) in [7, 11) is -1.83. The van der Waals surface area contributed by atoms with Crippen LogP contribution in [0.15, 0.2) is 0 Å². The van der Waals surface area contributed by atoms with Gasteiger partial charge in [0.2, 0.25) is 0 Å². The Bertz CT molecular complexity index is 219. The van der Waals surface area contributed by atoms with Crippen LogP contribution in [0, 0.1) is 0 Å². The zero-order valence-electron chi connectivity index (χ0n) is 15.6. The molecule has 1 nitrogen and oxygen atoms in total. The fourth-order valence-corrected chi connectivity index (χ4v) is 4.48. The fourth-order valence-electron chi connectivity index (χ4n) is 2.83. The Morgan fingerprint density at radius 3 is 1.32 bits per heavy atom. The summed E-state index contributed by atoms with van der Waals surface area (Å²) in [5.41, 5.74) is 0. The van der Waals surface area contributed by atoms with Crippen LogP contribution in [0.4, 0.5) is 0 Å². The Morgan fingerprint density at radius 1 is 0.591 bits per heavy atom. The standard InChI is InChI=1S/C19H41ClOSi/c1-4-7-8-9-10-11-12-13-14-15-16-17-18-19-21-22(20,5-2)6-3/h4-19H2,1-3H3. The topological polar surface area (TPSA) is 9.23 Å². The van der Waals surface area contributed by atoms with E-state index >= 15 is 0 Å². The molecule has 0 spiro atoms. The van der Waals surface area contributed by atoms with Crippen LogP contribution in [0.25, 0.3) is 0 Å². The minimum atomic E-state index is -1.83. The molecule has 0 saturated heterocycles. The lowest BCUT2D eigenvalue weighted by molar-refractivity contribution is 0.299. The van der Waals surface area contributed by atoms with Gasteiger partial charge < -0.3 is 4.43 Å². The van der Waals surface area contributed by atoms with Crippen molar-refractivity contribution in [3.05, 3.63) is 0 Å². The van der Waals surface area contributed by atoms with E-state index in [1.165, 1.54) is 83.5 Å². The van der Waals surface area contributed by atoms with Gasteiger partial charge in [-0.15, -0.1) is 11.1 Å². The quantitative estimate of drug-likeness (QED) is 0.148. The molecule has 134 valence electrons. The molecule has 0 aliphatic carbocycles. The van der Waals surface area contributed by atoms with Gasteiger partial charge in [0.1, 0.15) is 0 Å². The molecule has 22 heavy (non-hydrogen) atoms. The summed E-state index contributed by atoms with van der Waals surface area (Å²) >= 11 is 6.48. The Kier molecular flexibility index (Phi) is 16.7. The lowest BCUT2D eigenvalue weighted by atomic mass is 10.0. The van der Waals surface area contributed by atoms with Crippen molar-refractivity contribution in [1.82, 2.24) is 0 Å². The molecule has 0 aliphatic rings. The highest BCUT2D eigenvalue weighted by molar-refractivity contribution is 7.16. The van der Waals surface area contributed by atoms with E-state index in [0.717, 1.165) is 18.7 Å². The average molecular weight is 349 g/mol. The maximum Gasteiger partial charge on any atom is 0.289 e. The van der Waals surface area contributed by atoms with E-state index in [2.05, 4.69) is 20.8 Å². The van der Waals surface area contributed by atoms with Gasteiger partial charge >= 0.3 is 0 Å². The maximum atomic E-state index is 6.48. The first-order valence-corrected chi connectivity index (χ1v) is 13.3. The monoisotopic (exact) mass is 348 g/mol. The van der Waals surface area contributed by atoms with Crippen molar-refractivity contribution >= 4 is 18.7 Å². The molecule has 0 aromatic heterocycles.